The number of aliphatic imine (C=N–C) groups is 1. The Morgan fingerprint density at radius 3 is 2.87 bits per heavy atom. The van der Waals surface area contributed by atoms with Gasteiger partial charge in [-0.1, -0.05) is 32.3 Å². The lowest BCUT2D eigenvalue weighted by Crippen LogP contribution is -2.45. The predicted molar refractivity (Wildman–Crippen MR) is 108 cm³/mol. The van der Waals surface area contributed by atoms with Gasteiger partial charge in [0.15, 0.2) is 5.96 Å². The highest BCUT2D eigenvalue weighted by Gasteiger charge is 2.21. The van der Waals surface area contributed by atoms with Crippen molar-refractivity contribution in [2.45, 2.75) is 65.5 Å². The van der Waals surface area contributed by atoms with Crippen LogP contribution in [-0.4, -0.2) is 23.5 Å². The first-order valence-electron chi connectivity index (χ1n) is 8.68. The Bertz CT molecular complexity index is 490. The van der Waals surface area contributed by atoms with Gasteiger partial charge >= 0.3 is 0 Å². The van der Waals surface area contributed by atoms with Crippen molar-refractivity contribution in [1.82, 2.24) is 15.6 Å². The first kappa shape index (κ1) is 20.2. The summed E-state index contributed by atoms with van der Waals surface area (Å²) in [6, 6.07) is 4.62. The molecule has 1 saturated carbocycles. The number of aryl methyl sites for hydroxylation is 1. The van der Waals surface area contributed by atoms with E-state index in [1.54, 1.807) is 0 Å². The molecule has 2 rings (SSSR count). The second-order valence-corrected chi connectivity index (χ2v) is 6.24. The average Bonchev–Trinajstić information content (AvgIpc) is 2.54. The Kier molecular flexibility index (Phi) is 9.52. The lowest BCUT2D eigenvalue weighted by molar-refractivity contribution is 0.298. The molecule has 0 aliphatic heterocycles. The standard InChI is InChI=1S/C18H30N4.HI/c1-4-15-9-6-10-16(12-15)22-18(19-5-2)21-13-17-14(3)8-7-11-20-17;/h7-8,11,15-16H,4-6,9-10,12-13H2,1-3H3,(H2,19,21,22);1H. The Hall–Kier alpha value is -0.850. The van der Waals surface area contributed by atoms with Crippen LogP contribution in [0.15, 0.2) is 23.3 Å². The maximum atomic E-state index is 4.72. The fourth-order valence-corrected chi connectivity index (χ4v) is 3.14. The fraction of sp³-hybridized carbons (Fsp3) is 0.667. The molecule has 0 aromatic carbocycles. The molecule has 0 spiro atoms. The van der Waals surface area contributed by atoms with E-state index in [4.69, 9.17) is 4.99 Å². The lowest BCUT2D eigenvalue weighted by atomic mass is 9.84. The van der Waals surface area contributed by atoms with Crippen LogP contribution in [0, 0.1) is 12.8 Å². The molecule has 1 aliphatic carbocycles. The van der Waals surface area contributed by atoms with E-state index in [9.17, 15) is 0 Å². The van der Waals surface area contributed by atoms with Gasteiger partial charge < -0.3 is 10.6 Å². The van der Waals surface area contributed by atoms with Crippen LogP contribution in [0.1, 0.15) is 57.2 Å². The normalized spacial score (nSPS) is 21.4. The third-order valence-electron chi connectivity index (χ3n) is 4.55. The van der Waals surface area contributed by atoms with Gasteiger partial charge in [-0.25, -0.2) is 4.99 Å². The number of rotatable bonds is 5. The van der Waals surface area contributed by atoms with Gasteiger partial charge in [-0.3, -0.25) is 4.98 Å². The van der Waals surface area contributed by atoms with Crippen molar-refractivity contribution in [3.63, 3.8) is 0 Å². The first-order chi connectivity index (χ1) is 10.7. The van der Waals surface area contributed by atoms with Crippen molar-refractivity contribution in [2.75, 3.05) is 6.54 Å². The molecule has 1 fully saturated rings. The predicted octanol–water partition coefficient (Wildman–Crippen LogP) is 4.03. The maximum Gasteiger partial charge on any atom is 0.191 e. The van der Waals surface area contributed by atoms with Crippen molar-refractivity contribution in [2.24, 2.45) is 10.9 Å². The highest BCUT2D eigenvalue weighted by atomic mass is 127. The SMILES string of the molecule is CCNC(=NCc1ncccc1C)NC1CCCC(CC)C1.I. The van der Waals surface area contributed by atoms with Crippen molar-refractivity contribution in [1.29, 1.82) is 0 Å². The van der Waals surface area contributed by atoms with E-state index in [1.165, 1.54) is 37.7 Å². The molecule has 2 N–H and O–H groups in total. The van der Waals surface area contributed by atoms with Gasteiger partial charge in [-0.15, -0.1) is 24.0 Å². The molecule has 23 heavy (non-hydrogen) atoms. The van der Waals surface area contributed by atoms with Crippen LogP contribution in [0.25, 0.3) is 0 Å². The molecule has 1 aliphatic rings. The van der Waals surface area contributed by atoms with Gasteiger partial charge in [0.2, 0.25) is 0 Å². The van der Waals surface area contributed by atoms with E-state index in [0.717, 1.165) is 24.1 Å². The minimum absolute atomic E-state index is 0. The number of hydrogen-bond acceptors (Lipinski definition) is 2. The molecule has 0 radical (unpaired) electrons. The minimum Gasteiger partial charge on any atom is -0.357 e. The van der Waals surface area contributed by atoms with Crippen molar-refractivity contribution in [3.8, 4) is 0 Å². The third-order valence-corrected chi connectivity index (χ3v) is 4.55. The van der Waals surface area contributed by atoms with Gasteiger partial charge in [-0.2, -0.15) is 0 Å². The molecule has 1 aromatic heterocycles. The Balaban J connectivity index is 0.00000264. The smallest absolute Gasteiger partial charge is 0.191 e. The van der Waals surface area contributed by atoms with Crippen LogP contribution < -0.4 is 10.6 Å². The average molecular weight is 430 g/mol. The van der Waals surface area contributed by atoms with E-state index in [1.807, 2.05) is 12.3 Å². The summed E-state index contributed by atoms with van der Waals surface area (Å²) in [6.45, 7) is 8.02. The van der Waals surface area contributed by atoms with E-state index in [2.05, 4.69) is 42.5 Å². The zero-order valence-corrected chi connectivity index (χ0v) is 17.0. The Morgan fingerprint density at radius 1 is 1.35 bits per heavy atom. The van der Waals surface area contributed by atoms with Gasteiger partial charge in [0.1, 0.15) is 0 Å². The van der Waals surface area contributed by atoms with Crippen LogP contribution in [-0.2, 0) is 6.54 Å². The van der Waals surface area contributed by atoms with E-state index < -0.39 is 0 Å². The summed E-state index contributed by atoms with van der Waals surface area (Å²) in [5, 5.41) is 6.99. The summed E-state index contributed by atoms with van der Waals surface area (Å²) in [4.78, 5) is 9.14. The number of halogens is 1. The fourth-order valence-electron chi connectivity index (χ4n) is 3.14. The lowest BCUT2D eigenvalue weighted by Gasteiger charge is -2.30. The zero-order chi connectivity index (χ0) is 15.8. The number of aromatic nitrogens is 1. The molecule has 1 heterocycles. The van der Waals surface area contributed by atoms with Gasteiger partial charge in [0.25, 0.3) is 0 Å². The van der Waals surface area contributed by atoms with Gasteiger partial charge in [-0.05, 0) is 44.2 Å². The Labute approximate surface area is 158 Å². The molecule has 4 nitrogen and oxygen atoms in total. The van der Waals surface area contributed by atoms with Gasteiger partial charge in [0, 0.05) is 18.8 Å². The number of guanidine groups is 1. The summed E-state index contributed by atoms with van der Waals surface area (Å²) in [7, 11) is 0. The number of nitrogens with zero attached hydrogens (tertiary/aromatic N) is 2. The molecular weight excluding hydrogens is 399 g/mol. The van der Waals surface area contributed by atoms with Crippen molar-refractivity contribution in [3.05, 3.63) is 29.6 Å². The monoisotopic (exact) mass is 430 g/mol. The molecule has 5 heteroatoms. The third kappa shape index (κ3) is 6.65. The van der Waals surface area contributed by atoms with Crippen LogP contribution >= 0.6 is 24.0 Å². The number of pyridine rings is 1. The van der Waals surface area contributed by atoms with Crippen LogP contribution in [0.3, 0.4) is 0 Å². The van der Waals surface area contributed by atoms with Gasteiger partial charge in [0.05, 0.1) is 12.2 Å². The topological polar surface area (TPSA) is 49.3 Å². The second-order valence-electron chi connectivity index (χ2n) is 6.24. The summed E-state index contributed by atoms with van der Waals surface area (Å²) in [5.41, 5.74) is 2.25. The van der Waals surface area contributed by atoms with Crippen LogP contribution in [0.4, 0.5) is 0 Å². The molecule has 0 bridgehead atoms. The molecule has 0 amide bonds. The van der Waals surface area contributed by atoms with Crippen molar-refractivity contribution < 1.29 is 0 Å². The molecule has 0 saturated heterocycles. The maximum absolute atomic E-state index is 4.72. The summed E-state index contributed by atoms with van der Waals surface area (Å²) >= 11 is 0. The molecule has 2 atom stereocenters. The molecular formula is C18H31IN4. The number of nitrogens with one attached hydrogen (secondary N) is 2. The summed E-state index contributed by atoms with van der Waals surface area (Å²) in [6.07, 6.45) is 8.36. The quantitative estimate of drug-likeness (QED) is 0.421. The Morgan fingerprint density at radius 2 is 2.17 bits per heavy atom. The minimum atomic E-state index is 0. The summed E-state index contributed by atoms with van der Waals surface area (Å²) < 4.78 is 0. The van der Waals surface area contributed by atoms with Crippen LogP contribution in [0.2, 0.25) is 0 Å². The zero-order valence-electron chi connectivity index (χ0n) is 14.6. The highest BCUT2D eigenvalue weighted by Crippen LogP contribution is 2.26. The summed E-state index contributed by atoms with van der Waals surface area (Å²) in [5.74, 6) is 1.79. The first-order valence-corrected chi connectivity index (χ1v) is 8.68. The highest BCUT2D eigenvalue weighted by molar-refractivity contribution is 14.0. The van der Waals surface area contributed by atoms with Crippen LogP contribution in [0.5, 0.6) is 0 Å². The van der Waals surface area contributed by atoms with E-state index in [0.29, 0.717) is 12.6 Å². The van der Waals surface area contributed by atoms with Crippen molar-refractivity contribution >= 4 is 29.9 Å². The molecule has 130 valence electrons. The number of hydrogen-bond donors (Lipinski definition) is 2. The molecule has 2 unspecified atom stereocenters. The molecule has 1 aromatic rings. The van der Waals surface area contributed by atoms with E-state index in [-0.39, 0.29) is 24.0 Å². The largest absolute Gasteiger partial charge is 0.357 e. The van der Waals surface area contributed by atoms with E-state index >= 15 is 0 Å². The second kappa shape index (κ2) is 10.8.